The molecule has 0 fully saturated rings. The van der Waals surface area contributed by atoms with Crippen molar-refractivity contribution in [2.45, 2.75) is 18.7 Å². The minimum atomic E-state index is -0.440. The summed E-state index contributed by atoms with van der Waals surface area (Å²) in [6.07, 6.45) is 0.684. The normalized spacial score (nSPS) is 12.2. The van der Waals surface area contributed by atoms with Gasteiger partial charge in [0.15, 0.2) is 0 Å². The molecule has 0 radical (unpaired) electrons. The lowest BCUT2D eigenvalue weighted by molar-refractivity contribution is 0.0953. The van der Waals surface area contributed by atoms with Crippen molar-refractivity contribution >= 4 is 33.4 Å². The topological polar surface area (TPSA) is 29.1 Å². The van der Waals surface area contributed by atoms with Crippen LogP contribution in [0.25, 0.3) is 0 Å². The number of carbonyl (C=O) groups is 1. The first-order chi connectivity index (χ1) is 7.49. The lowest BCUT2D eigenvalue weighted by atomic mass is 10.2. The Bertz CT molecular complexity index is 364. The van der Waals surface area contributed by atoms with Gasteiger partial charge in [-0.25, -0.2) is 4.39 Å². The molecule has 1 amide bonds. The van der Waals surface area contributed by atoms with Crippen molar-refractivity contribution in [1.82, 2.24) is 5.32 Å². The predicted octanol–water partition coefficient (Wildman–Crippen LogP) is 3.34. The van der Waals surface area contributed by atoms with Gasteiger partial charge in [-0.05, 0) is 31.5 Å². The molecule has 1 aromatic carbocycles. The van der Waals surface area contributed by atoms with Crippen LogP contribution in [0.1, 0.15) is 23.7 Å². The molecular formula is C11H12BrClFNO. The monoisotopic (exact) mass is 307 g/mol. The molecule has 1 atom stereocenters. The molecule has 0 aromatic heterocycles. The van der Waals surface area contributed by atoms with Gasteiger partial charge in [0, 0.05) is 22.0 Å². The van der Waals surface area contributed by atoms with Crippen LogP contribution in [0.2, 0.25) is 0 Å². The van der Waals surface area contributed by atoms with Crippen LogP contribution < -0.4 is 5.32 Å². The van der Waals surface area contributed by atoms with Gasteiger partial charge in [0.05, 0.1) is 0 Å². The summed E-state index contributed by atoms with van der Waals surface area (Å²) in [4.78, 5) is 11.6. The van der Waals surface area contributed by atoms with E-state index in [9.17, 15) is 9.18 Å². The Labute approximate surface area is 107 Å². The Hall–Kier alpha value is -0.610. The molecule has 1 rings (SSSR count). The van der Waals surface area contributed by atoms with Gasteiger partial charge in [0.25, 0.3) is 5.91 Å². The number of alkyl halides is 1. The van der Waals surface area contributed by atoms with Gasteiger partial charge < -0.3 is 5.32 Å². The van der Waals surface area contributed by atoms with E-state index in [1.807, 2.05) is 6.92 Å². The Morgan fingerprint density at radius 3 is 2.81 bits per heavy atom. The van der Waals surface area contributed by atoms with Crippen molar-refractivity contribution < 1.29 is 9.18 Å². The molecule has 88 valence electrons. The molecule has 0 aliphatic rings. The molecule has 0 saturated carbocycles. The van der Waals surface area contributed by atoms with Crippen molar-refractivity contribution in [2.24, 2.45) is 0 Å². The largest absolute Gasteiger partial charge is 0.352 e. The summed E-state index contributed by atoms with van der Waals surface area (Å²) in [6.45, 7) is 2.34. The zero-order chi connectivity index (χ0) is 12.1. The predicted molar refractivity (Wildman–Crippen MR) is 66.4 cm³/mol. The molecule has 1 unspecified atom stereocenters. The molecule has 0 spiro atoms. The lowest BCUT2D eigenvalue weighted by Crippen LogP contribution is -2.25. The number of hydrogen-bond donors (Lipinski definition) is 1. The fourth-order valence-electron chi connectivity index (χ4n) is 1.17. The third kappa shape index (κ3) is 4.49. The average Bonchev–Trinajstić information content (AvgIpc) is 2.15. The van der Waals surface area contributed by atoms with E-state index in [1.165, 1.54) is 12.1 Å². The quantitative estimate of drug-likeness (QED) is 0.849. The number of amides is 1. The van der Waals surface area contributed by atoms with Gasteiger partial charge in [0.2, 0.25) is 0 Å². The number of hydrogen-bond acceptors (Lipinski definition) is 1. The van der Waals surface area contributed by atoms with Gasteiger partial charge >= 0.3 is 0 Å². The van der Waals surface area contributed by atoms with Crippen LogP contribution in [0.5, 0.6) is 0 Å². The molecule has 0 aliphatic heterocycles. The van der Waals surface area contributed by atoms with Gasteiger partial charge in [-0.3, -0.25) is 4.79 Å². The van der Waals surface area contributed by atoms with Crippen LogP contribution in [-0.2, 0) is 0 Å². The Morgan fingerprint density at radius 2 is 2.25 bits per heavy atom. The van der Waals surface area contributed by atoms with Gasteiger partial charge in [-0.15, -0.1) is 11.6 Å². The van der Waals surface area contributed by atoms with Crippen molar-refractivity contribution in [3.8, 4) is 0 Å². The summed E-state index contributed by atoms with van der Waals surface area (Å²) < 4.78 is 13.6. The molecule has 0 heterocycles. The zero-order valence-electron chi connectivity index (χ0n) is 8.77. The molecule has 0 aliphatic carbocycles. The van der Waals surface area contributed by atoms with E-state index in [2.05, 4.69) is 21.2 Å². The maximum absolute atomic E-state index is 13.0. The van der Waals surface area contributed by atoms with Gasteiger partial charge in [0.1, 0.15) is 5.82 Å². The minimum Gasteiger partial charge on any atom is -0.352 e. The molecule has 0 saturated heterocycles. The van der Waals surface area contributed by atoms with E-state index in [0.29, 0.717) is 23.0 Å². The summed E-state index contributed by atoms with van der Waals surface area (Å²) >= 11 is 8.87. The number of halogens is 3. The third-order valence-electron chi connectivity index (χ3n) is 1.95. The first-order valence-electron chi connectivity index (χ1n) is 4.87. The smallest absolute Gasteiger partial charge is 0.251 e. The van der Waals surface area contributed by atoms with Crippen LogP contribution in [-0.4, -0.2) is 17.8 Å². The minimum absolute atomic E-state index is 0.0135. The van der Waals surface area contributed by atoms with Crippen LogP contribution in [0.15, 0.2) is 22.7 Å². The highest BCUT2D eigenvalue weighted by atomic mass is 79.9. The fraction of sp³-hybridized carbons (Fsp3) is 0.364. The molecule has 1 N–H and O–H groups in total. The second-order valence-corrected chi connectivity index (χ2v) is 5.14. The Kier molecular flexibility index (Phi) is 5.22. The van der Waals surface area contributed by atoms with Crippen LogP contribution in [0, 0.1) is 5.82 Å². The molecule has 0 bridgehead atoms. The highest BCUT2D eigenvalue weighted by Crippen LogP contribution is 2.14. The Balaban J connectivity index is 2.59. The van der Waals surface area contributed by atoms with E-state index < -0.39 is 5.82 Å². The first kappa shape index (κ1) is 13.5. The highest BCUT2D eigenvalue weighted by molar-refractivity contribution is 9.10. The number of rotatable bonds is 4. The Morgan fingerprint density at radius 1 is 1.56 bits per heavy atom. The maximum Gasteiger partial charge on any atom is 0.251 e. The summed E-state index contributed by atoms with van der Waals surface area (Å²) in [5.41, 5.74) is 0.300. The van der Waals surface area contributed by atoms with E-state index in [4.69, 9.17) is 11.6 Å². The van der Waals surface area contributed by atoms with Gasteiger partial charge in [-0.2, -0.15) is 0 Å². The summed E-state index contributed by atoms with van der Waals surface area (Å²) in [6, 6.07) is 4.07. The van der Waals surface area contributed by atoms with Gasteiger partial charge in [-0.1, -0.05) is 15.9 Å². The third-order valence-corrected chi connectivity index (χ3v) is 2.63. The summed E-state index contributed by atoms with van der Waals surface area (Å²) in [7, 11) is 0. The second kappa shape index (κ2) is 6.21. The number of carbonyl (C=O) groups excluding carboxylic acids is 1. The van der Waals surface area contributed by atoms with Crippen molar-refractivity contribution in [3.05, 3.63) is 34.1 Å². The summed E-state index contributed by atoms with van der Waals surface area (Å²) in [5, 5.41) is 2.69. The molecule has 5 heteroatoms. The lowest BCUT2D eigenvalue weighted by Gasteiger charge is -2.06. The van der Waals surface area contributed by atoms with Crippen molar-refractivity contribution in [1.29, 1.82) is 0 Å². The van der Waals surface area contributed by atoms with E-state index in [0.717, 1.165) is 0 Å². The highest BCUT2D eigenvalue weighted by Gasteiger charge is 2.08. The van der Waals surface area contributed by atoms with Crippen molar-refractivity contribution in [2.75, 3.05) is 6.54 Å². The number of nitrogens with one attached hydrogen (secondary N) is 1. The maximum atomic E-state index is 13.0. The van der Waals surface area contributed by atoms with E-state index in [1.54, 1.807) is 6.07 Å². The molecule has 16 heavy (non-hydrogen) atoms. The van der Waals surface area contributed by atoms with Crippen LogP contribution in [0.4, 0.5) is 4.39 Å². The first-order valence-corrected chi connectivity index (χ1v) is 6.10. The van der Waals surface area contributed by atoms with Crippen molar-refractivity contribution in [3.63, 3.8) is 0 Å². The van der Waals surface area contributed by atoms with Crippen LogP contribution >= 0.6 is 27.5 Å². The fourth-order valence-corrected chi connectivity index (χ4v) is 1.75. The molecular weight excluding hydrogens is 296 g/mol. The average molecular weight is 309 g/mol. The second-order valence-electron chi connectivity index (χ2n) is 3.48. The number of benzene rings is 1. The molecule has 1 aromatic rings. The van der Waals surface area contributed by atoms with E-state index >= 15 is 0 Å². The SMILES string of the molecule is CC(Cl)CCNC(=O)c1cc(F)cc(Br)c1. The molecule has 2 nitrogen and oxygen atoms in total. The van der Waals surface area contributed by atoms with Crippen LogP contribution in [0.3, 0.4) is 0 Å². The standard InChI is InChI=1S/C11H12BrClFNO/c1-7(13)2-3-15-11(16)8-4-9(12)6-10(14)5-8/h4-7H,2-3H2,1H3,(H,15,16). The summed E-state index contributed by atoms with van der Waals surface area (Å²) in [5.74, 6) is -0.734. The van der Waals surface area contributed by atoms with E-state index in [-0.39, 0.29) is 11.3 Å². The zero-order valence-corrected chi connectivity index (χ0v) is 11.1.